The molecule has 3 nitrogen and oxygen atoms in total. The van der Waals surface area contributed by atoms with E-state index in [1.165, 1.54) is 0 Å². The molecule has 0 atom stereocenters. The molecule has 0 aliphatic heterocycles. The van der Waals surface area contributed by atoms with Crippen molar-refractivity contribution in [3.63, 3.8) is 0 Å². The first-order valence-corrected chi connectivity index (χ1v) is 6.27. The van der Waals surface area contributed by atoms with Crippen molar-refractivity contribution in [3.05, 3.63) is 28.5 Å². The minimum absolute atomic E-state index is 0.0279. The zero-order valence-electron chi connectivity index (χ0n) is 10.1. The summed E-state index contributed by atoms with van der Waals surface area (Å²) in [6, 6.07) is 1.98. The smallest absolute Gasteiger partial charge is 0.338 e. The third-order valence-electron chi connectivity index (χ3n) is 2.07. The van der Waals surface area contributed by atoms with Crippen molar-refractivity contribution in [2.24, 2.45) is 5.41 Å². The number of aromatic carboxylic acids is 1. The summed E-state index contributed by atoms with van der Waals surface area (Å²) in [6.45, 7) is 5.20. The summed E-state index contributed by atoms with van der Waals surface area (Å²) in [5.41, 5.74) is -1.09. The molecule has 1 N–H and O–H groups in total. The molecule has 1 aromatic carbocycles. The van der Waals surface area contributed by atoms with E-state index < -0.39 is 22.8 Å². The average Bonchev–Trinajstić information content (AvgIpc) is 2.19. The maximum Gasteiger partial charge on any atom is 0.338 e. The number of benzene rings is 1. The Morgan fingerprint density at radius 3 is 2.33 bits per heavy atom. The van der Waals surface area contributed by atoms with Crippen LogP contribution in [-0.4, -0.2) is 16.2 Å². The van der Waals surface area contributed by atoms with Crippen molar-refractivity contribution in [1.29, 1.82) is 0 Å². The lowest BCUT2D eigenvalue weighted by molar-refractivity contribution is -0.117. The number of thioether (sulfide) groups is 1. The van der Waals surface area contributed by atoms with Crippen LogP contribution in [0.1, 0.15) is 31.1 Å². The lowest BCUT2D eigenvalue weighted by Crippen LogP contribution is -2.16. The molecule has 0 radical (unpaired) electrons. The van der Waals surface area contributed by atoms with E-state index in [2.05, 4.69) is 0 Å². The highest BCUT2D eigenvalue weighted by atomic mass is 35.5. The molecule has 0 heterocycles. The van der Waals surface area contributed by atoms with Crippen LogP contribution in [0.15, 0.2) is 17.0 Å². The van der Waals surface area contributed by atoms with Crippen molar-refractivity contribution in [1.82, 2.24) is 0 Å². The van der Waals surface area contributed by atoms with Gasteiger partial charge in [-0.1, -0.05) is 32.4 Å². The Bertz CT molecular complexity index is 509. The standard InChI is InChI=1S/C12H12ClFO3S/c1-12(2,3)11(17)18-9-4-6(10(15)16)8(14)5-7(9)13/h4-5H,1-3H3,(H,15,16). The molecular formula is C12H12ClFO3S. The first-order chi connectivity index (χ1) is 8.12. The summed E-state index contributed by atoms with van der Waals surface area (Å²) in [4.78, 5) is 22.9. The van der Waals surface area contributed by atoms with E-state index in [0.29, 0.717) is 0 Å². The van der Waals surface area contributed by atoms with E-state index in [0.717, 1.165) is 23.9 Å². The van der Waals surface area contributed by atoms with Crippen LogP contribution >= 0.6 is 23.4 Å². The topological polar surface area (TPSA) is 54.4 Å². The lowest BCUT2D eigenvalue weighted by Gasteiger charge is -2.16. The second kappa shape index (κ2) is 5.28. The largest absolute Gasteiger partial charge is 0.478 e. The molecule has 1 rings (SSSR count). The van der Waals surface area contributed by atoms with Crippen LogP contribution in [0, 0.1) is 11.2 Å². The Balaban J connectivity index is 3.14. The molecule has 0 aliphatic carbocycles. The zero-order chi connectivity index (χ0) is 14.1. The van der Waals surface area contributed by atoms with E-state index in [-0.39, 0.29) is 15.0 Å². The van der Waals surface area contributed by atoms with Gasteiger partial charge in [0.1, 0.15) is 5.82 Å². The van der Waals surface area contributed by atoms with Crippen LogP contribution in [0.3, 0.4) is 0 Å². The van der Waals surface area contributed by atoms with Gasteiger partial charge in [0, 0.05) is 10.3 Å². The molecule has 0 amide bonds. The van der Waals surface area contributed by atoms with E-state index >= 15 is 0 Å². The van der Waals surface area contributed by atoms with Crippen LogP contribution in [0.25, 0.3) is 0 Å². The number of hydrogen-bond acceptors (Lipinski definition) is 3. The van der Waals surface area contributed by atoms with Crippen LogP contribution in [0.5, 0.6) is 0 Å². The second-order valence-corrected chi connectivity index (χ2v) is 6.13. The highest BCUT2D eigenvalue weighted by Crippen LogP contribution is 2.34. The average molecular weight is 291 g/mol. The summed E-state index contributed by atoms with van der Waals surface area (Å²) < 4.78 is 13.3. The minimum atomic E-state index is -1.39. The van der Waals surface area contributed by atoms with E-state index in [1.54, 1.807) is 20.8 Å². The van der Waals surface area contributed by atoms with Gasteiger partial charge in [0.15, 0.2) is 5.12 Å². The Morgan fingerprint density at radius 1 is 1.33 bits per heavy atom. The molecule has 0 unspecified atom stereocenters. The van der Waals surface area contributed by atoms with E-state index in [9.17, 15) is 14.0 Å². The van der Waals surface area contributed by atoms with Crippen molar-refractivity contribution in [2.45, 2.75) is 25.7 Å². The molecule has 0 aliphatic rings. The van der Waals surface area contributed by atoms with Gasteiger partial charge in [-0.05, 0) is 23.9 Å². The number of carbonyl (C=O) groups is 2. The van der Waals surface area contributed by atoms with Gasteiger partial charge in [-0.2, -0.15) is 0 Å². The summed E-state index contributed by atoms with van der Waals surface area (Å²) in [7, 11) is 0. The van der Waals surface area contributed by atoms with Crippen LogP contribution in [0.4, 0.5) is 4.39 Å². The molecule has 18 heavy (non-hydrogen) atoms. The monoisotopic (exact) mass is 290 g/mol. The SMILES string of the molecule is CC(C)(C)C(=O)Sc1cc(C(=O)O)c(F)cc1Cl. The van der Waals surface area contributed by atoms with Crippen LogP contribution < -0.4 is 0 Å². The fraction of sp³-hybridized carbons (Fsp3) is 0.333. The third kappa shape index (κ3) is 3.46. The second-order valence-electron chi connectivity index (χ2n) is 4.71. The first-order valence-electron chi connectivity index (χ1n) is 5.07. The minimum Gasteiger partial charge on any atom is -0.478 e. The van der Waals surface area contributed by atoms with Crippen LogP contribution in [-0.2, 0) is 4.79 Å². The van der Waals surface area contributed by atoms with Crippen molar-refractivity contribution in [2.75, 3.05) is 0 Å². The highest BCUT2D eigenvalue weighted by molar-refractivity contribution is 8.13. The molecule has 6 heteroatoms. The number of halogens is 2. The van der Waals surface area contributed by atoms with Gasteiger partial charge >= 0.3 is 5.97 Å². The lowest BCUT2D eigenvalue weighted by atomic mass is 10.00. The molecule has 0 fully saturated rings. The maximum atomic E-state index is 13.3. The number of hydrogen-bond donors (Lipinski definition) is 1. The molecule has 0 saturated heterocycles. The molecule has 0 aromatic heterocycles. The first kappa shape index (κ1) is 15.0. The van der Waals surface area contributed by atoms with Crippen molar-refractivity contribution >= 4 is 34.4 Å². The van der Waals surface area contributed by atoms with E-state index in [4.69, 9.17) is 16.7 Å². The molecule has 0 saturated carbocycles. The fourth-order valence-corrected chi connectivity index (χ4v) is 2.13. The summed E-state index contributed by atoms with van der Waals surface area (Å²) in [5, 5.41) is 8.65. The quantitative estimate of drug-likeness (QED) is 0.841. The number of carbonyl (C=O) groups excluding carboxylic acids is 1. The summed E-state index contributed by atoms with van der Waals surface area (Å²) in [5.74, 6) is -2.31. The van der Waals surface area contributed by atoms with Gasteiger partial charge in [0.25, 0.3) is 0 Å². The summed E-state index contributed by atoms with van der Waals surface area (Å²) in [6.07, 6.45) is 0. The zero-order valence-corrected chi connectivity index (χ0v) is 11.7. The normalized spacial score (nSPS) is 11.4. The molecule has 0 spiro atoms. The molecular weight excluding hydrogens is 279 g/mol. The number of carboxylic acids is 1. The van der Waals surface area contributed by atoms with Gasteiger partial charge < -0.3 is 5.11 Å². The Labute approximate surface area is 113 Å². The maximum absolute atomic E-state index is 13.3. The van der Waals surface area contributed by atoms with Crippen LogP contribution in [0.2, 0.25) is 5.02 Å². The van der Waals surface area contributed by atoms with Gasteiger partial charge in [-0.15, -0.1) is 0 Å². The van der Waals surface area contributed by atoms with Gasteiger partial charge in [0.2, 0.25) is 0 Å². The van der Waals surface area contributed by atoms with Gasteiger partial charge in [0.05, 0.1) is 10.6 Å². The highest BCUT2D eigenvalue weighted by Gasteiger charge is 2.24. The Kier molecular flexibility index (Phi) is 4.40. The number of carboxylic acid groups (broad SMARTS) is 1. The summed E-state index contributed by atoms with van der Waals surface area (Å²) >= 11 is 6.61. The predicted molar refractivity (Wildman–Crippen MR) is 68.7 cm³/mol. The third-order valence-corrected chi connectivity index (χ3v) is 3.85. The van der Waals surface area contributed by atoms with Crippen molar-refractivity contribution < 1.29 is 19.1 Å². The fourth-order valence-electron chi connectivity index (χ4n) is 1.02. The Morgan fingerprint density at radius 2 is 1.89 bits per heavy atom. The Hall–Kier alpha value is -1.07. The van der Waals surface area contributed by atoms with Gasteiger partial charge in [-0.3, -0.25) is 4.79 Å². The predicted octanol–water partition coefficient (Wildman–Crippen LogP) is 3.84. The van der Waals surface area contributed by atoms with Gasteiger partial charge in [-0.25, -0.2) is 9.18 Å². The molecule has 1 aromatic rings. The molecule has 0 bridgehead atoms. The van der Waals surface area contributed by atoms with E-state index in [1.807, 2.05) is 0 Å². The van der Waals surface area contributed by atoms with Crippen molar-refractivity contribution in [3.8, 4) is 0 Å². The number of rotatable bonds is 2. The molecule has 98 valence electrons.